The Morgan fingerprint density at radius 1 is 1.35 bits per heavy atom. The molecule has 0 bridgehead atoms. The summed E-state index contributed by atoms with van der Waals surface area (Å²) in [7, 11) is 0. The molecule has 2 heterocycles. The summed E-state index contributed by atoms with van der Waals surface area (Å²) >= 11 is 1.80. The van der Waals surface area contributed by atoms with E-state index >= 15 is 0 Å². The molecule has 4 rings (SSSR count). The zero-order valence-corrected chi connectivity index (χ0v) is 16.2. The van der Waals surface area contributed by atoms with E-state index in [1.807, 2.05) is 6.92 Å². The van der Waals surface area contributed by atoms with Gasteiger partial charge in [0.15, 0.2) is 0 Å². The van der Waals surface area contributed by atoms with Gasteiger partial charge in [0, 0.05) is 16.0 Å². The number of hydrogen-bond donors (Lipinski definition) is 1. The largest absolute Gasteiger partial charge is 0.481 e. The summed E-state index contributed by atoms with van der Waals surface area (Å²) < 4.78 is 0. The normalized spacial score (nSPS) is 16.7. The van der Waals surface area contributed by atoms with Gasteiger partial charge in [-0.1, -0.05) is 36.8 Å². The van der Waals surface area contributed by atoms with E-state index < -0.39 is 5.97 Å². The average Bonchev–Trinajstić information content (AvgIpc) is 2.91. The molecule has 3 nitrogen and oxygen atoms in total. The van der Waals surface area contributed by atoms with Gasteiger partial charge < -0.3 is 5.11 Å². The topological polar surface area (TPSA) is 50.2 Å². The summed E-state index contributed by atoms with van der Waals surface area (Å²) in [5, 5.41) is 10.7. The van der Waals surface area contributed by atoms with Gasteiger partial charge in [-0.15, -0.1) is 11.3 Å². The van der Waals surface area contributed by atoms with Crippen LogP contribution in [0.25, 0.3) is 21.3 Å². The number of pyridine rings is 1. The Morgan fingerprint density at radius 2 is 2.15 bits per heavy atom. The monoisotopic (exact) mass is 365 g/mol. The molecule has 2 aromatic heterocycles. The van der Waals surface area contributed by atoms with E-state index in [2.05, 4.69) is 38.1 Å². The van der Waals surface area contributed by atoms with E-state index in [1.54, 1.807) is 11.3 Å². The molecule has 0 aliphatic heterocycles. The van der Waals surface area contributed by atoms with Crippen molar-refractivity contribution in [1.82, 2.24) is 4.98 Å². The van der Waals surface area contributed by atoms with Gasteiger partial charge in [-0.2, -0.15) is 0 Å². The lowest BCUT2D eigenvalue weighted by Crippen LogP contribution is -2.10. The van der Waals surface area contributed by atoms with Gasteiger partial charge in [0.1, 0.15) is 4.83 Å². The van der Waals surface area contributed by atoms with Crippen LogP contribution in [0, 0.1) is 19.8 Å². The van der Waals surface area contributed by atoms with Crippen LogP contribution >= 0.6 is 11.3 Å². The summed E-state index contributed by atoms with van der Waals surface area (Å²) in [6, 6.07) is 8.39. The predicted molar refractivity (Wildman–Crippen MR) is 107 cm³/mol. The molecule has 0 amide bonds. The maximum atomic E-state index is 11.6. The van der Waals surface area contributed by atoms with Crippen LogP contribution in [-0.4, -0.2) is 16.1 Å². The van der Waals surface area contributed by atoms with Crippen molar-refractivity contribution in [2.45, 2.75) is 46.5 Å². The molecule has 1 aliphatic carbocycles. The lowest BCUT2D eigenvalue weighted by molar-refractivity contribution is -0.136. The lowest BCUT2D eigenvalue weighted by atomic mass is 9.85. The highest BCUT2D eigenvalue weighted by Gasteiger charge is 2.26. The number of carbonyl (C=O) groups is 1. The minimum Gasteiger partial charge on any atom is -0.481 e. The van der Waals surface area contributed by atoms with Crippen molar-refractivity contribution in [2.24, 2.45) is 5.92 Å². The third-order valence-corrected chi connectivity index (χ3v) is 6.53. The van der Waals surface area contributed by atoms with Crippen molar-refractivity contribution in [1.29, 1.82) is 0 Å². The molecular formula is C22H23NO2S. The quantitative estimate of drug-likeness (QED) is 0.682. The van der Waals surface area contributed by atoms with Gasteiger partial charge in [0.05, 0.1) is 6.42 Å². The Labute approximate surface area is 157 Å². The SMILES string of the molecule is Cc1cccc(-c2c(CC(=O)O)c(C)nc3sc4c(c23)CCC(C)C4)c1. The van der Waals surface area contributed by atoms with E-state index in [9.17, 15) is 9.90 Å². The van der Waals surface area contributed by atoms with Gasteiger partial charge in [-0.05, 0) is 61.3 Å². The molecule has 0 radical (unpaired) electrons. The number of hydrogen-bond acceptors (Lipinski definition) is 3. The number of rotatable bonds is 3. The minimum atomic E-state index is -0.805. The zero-order chi connectivity index (χ0) is 18.4. The van der Waals surface area contributed by atoms with Gasteiger partial charge >= 0.3 is 5.97 Å². The number of carboxylic acids is 1. The predicted octanol–water partition coefficient (Wildman–Crippen LogP) is 5.33. The van der Waals surface area contributed by atoms with E-state index in [-0.39, 0.29) is 6.42 Å². The van der Waals surface area contributed by atoms with Crippen LogP contribution in [0.15, 0.2) is 24.3 Å². The van der Waals surface area contributed by atoms with Gasteiger partial charge in [-0.3, -0.25) is 4.79 Å². The highest BCUT2D eigenvalue weighted by atomic mass is 32.1. The summed E-state index contributed by atoms with van der Waals surface area (Å²) in [6.45, 7) is 6.33. The van der Waals surface area contributed by atoms with E-state index in [0.717, 1.165) is 40.1 Å². The molecule has 134 valence electrons. The fourth-order valence-corrected chi connectivity index (χ4v) is 5.55. The number of aliphatic carboxylic acids is 1. The first-order chi connectivity index (χ1) is 12.4. The molecule has 1 aliphatic rings. The van der Waals surface area contributed by atoms with Crippen LogP contribution < -0.4 is 0 Å². The van der Waals surface area contributed by atoms with Gasteiger partial charge in [0.25, 0.3) is 0 Å². The van der Waals surface area contributed by atoms with Crippen molar-refractivity contribution in [3.8, 4) is 11.1 Å². The Hall–Kier alpha value is -2.20. The second-order valence-corrected chi connectivity index (χ2v) is 8.61. The average molecular weight is 365 g/mol. The maximum absolute atomic E-state index is 11.6. The zero-order valence-electron chi connectivity index (χ0n) is 15.4. The van der Waals surface area contributed by atoms with Crippen molar-refractivity contribution in [2.75, 3.05) is 0 Å². The first-order valence-electron chi connectivity index (χ1n) is 9.16. The molecule has 0 spiro atoms. The summed E-state index contributed by atoms with van der Waals surface area (Å²) in [5.74, 6) is -0.0987. The maximum Gasteiger partial charge on any atom is 0.307 e. The summed E-state index contributed by atoms with van der Waals surface area (Å²) in [5.41, 5.74) is 6.47. The number of aryl methyl sites for hydroxylation is 3. The molecule has 0 fully saturated rings. The number of thiophene rings is 1. The molecular weight excluding hydrogens is 342 g/mol. The molecule has 3 aromatic rings. The Bertz CT molecular complexity index is 1020. The van der Waals surface area contributed by atoms with Crippen molar-refractivity contribution in [3.63, 3.8) is 0 Å². The van der Waals surface area contributed by atoms with Crippen LogP contribution in [0.2, 0.25) is 0 Å². The highest BCUT2D eigenvalue weighted by Crippen LogP contribution is 2.44. The highest BCUT2D eigenvalue weighted by molar-refractivity contribution is 7.19. The molecule has 26 heavy (non-hydrogen) atoms. The van der Waals surface area contributed by atoms with Crippen LogP contribution in [0.3, 0.4) is 0 Å². The minimum absolute atomic E-state index is 0.0130. The number of nitrogens with zero attached hydrogens (tertiary/aromatic N) is 1. The summed E-state index contributed by atoms with van der Waals surface area (Å²) in [6.07, 6.45) is 3.37. The van der Waals surface area contributed by atoms with Crippen LogP contribution in [0.5, 0.6) is 0 Å². The van der Waals surface area contributed by atoms with E-state index in [1.165, 1.54) is 27.8 Å². The second kappa shape index (κ2) is 6.51. The molecule has 1 N–H and O–H groups in total. The molecule has 1 atom stereocenters. The fourth-order valence-electron chi connectivity index (χ4n) is 4.11. The molecule has 1 unspecified atom stereocenters. The number of aromatic nitrogens is 1. The van der Waals surface area contributed by atoms with Crippen LogP contribution in [-0.2, 0) is 24.1 Å². The standard InChI is InChI=1S/C22H23NO2S/c1-12-5-4-6-15(9-12)20-17(11-19(24)25)14(3)23-22-21(20)16-8-7-13(2)10-18(16)26-22/h4-6,9,13H,7-8,10-11H2,1-3H3,(H,24,25). The summed E-state index contributed by atoms with van der Waals surface area (Å²) in [4.78, 5) is 18.9. The third kappa shape index (κ3) is 2.92. The van der Waals surface area contributed by atoms with Crippen molar-refractivity contribution < 1.29 is 9.90 Å². The number of benzene rings is 1. The first kappa shape index (κ1) is 17.2. The second-order valence-electron chi connectivity index (χ2n) is 7.52. The lowest BCUT2D eigenvalue weighted by Gasteiger charge is -2.19. The van der Waals surface area contributed by atoms with Crippen LogP contribution in [0.4, 0.5) is 0 Å². The number of fused-ring (bicyclic) bond motifs is 3. The molecule has 0 saturated heterocycles. The van der Waals surface area contributed by atoms with Gasteiger partial charge in [0.2, 0.25) is 0 Å². The molecule has 0 saturated carbocycles. The van der Waals surface area contributed by atoms with Crippen LogP contribution in [0.1, 0.15) is 40.6 Å². The van der Waals surface area contributed by atoms with E-state index in [4.69, 9.17) is 4.98 Å². The van der Waals surface area contributed by atoms with Crippen molar-refractivity contribution >= 4 is 27.5 Å². The Balaban J connectivity index is 2.08. The van der Waals surface area contributed by atoms with Crippen molar-refractivity contribution in [3.05, 3.63) is 51.5 Å². The molecule has 4 heteroatoms. The smallest absolute Gasteiger partial charge is 0.307 e. The van der Waals surface area contributed by atoms with Gasteiger partial charge in [-0.25, -0.2) is 4.98 Å². The Morgan fingerprint density at radius 3 is 2.88 bits per heavy atom. The first-order valence-corrected chi connectivity index (χ1v) is 9.98. The third-order valence-electron chi connectivity index (χ3n) is 5.39. The number of carboxylic acid groups (broad SMARTS) is 1. The molecule has 1 aromatic carbocycles. The Kier molecular flexibility index (Phi) is 4.31. The fraction of sp³-hybridized carbons (Fsp3) is 0.364. The van der Waals surface area contributed by atoms with E-state index in [0.29, 0.717) is 5.92 Å².